The molecule has 0 unspecified atom stereocenters. The standard InChI is InChI=1S/C20H23Cl2N3O/c1-14-3-6-19(15(2)11-14)24-7-9-25(10-8-24)20(26)23-13-16-4-5-17(21)12-18(16)22/h3-6,11-12H,7-10,13H2,1-2H3,(H,23,26). The molecule has 1 heterocycles. The van der Waals surface area contributed by atoms with Crippen LogP contribution in [0.3, 0.4) is 0 Å². The van der Waals surface area contributed by atoms with Crippen LogP contribution in [0.4, 0.5) is 10.5 Å². The maximum Gasteiger partial charge on any atom is 0.317 e. The number of benzene rings is 2. The summed E-state index contributed by atoms with van der Waals surface area (Å²) in [5, 5.41) is 4.10. The van der Waals surface area contributed by atoms with Gasteiger partial charge in [0.15, 0.2) is 0 Å². The molecule has 1 aliphatic heterocycles. The summed E-state index contributed by atoms with van der Waals surface area (Å²) in [6.45, 7) is 7.70. The zero-order valence-electron chi connectivity index (χ0n) is 15.1. The second-order valence-corrected chi connectivity index (χ2v) is 7.50. The van der Waals surface area contributed by atoms with Gasteiger partial charge in [-0.05, 0) is 43.2 Å². The van der Waals surface area contributed by atoms with Crippen molar-refractivity contribution in [1.29, 1.82) is 0 Å². The van der Waals surface area contributed by atoms with Crippen LogP contribution in [-0.2, 0) is 6.54 Å². The molecule has 2 amide bonds. The number of nitrogens with one attached hydrogen (secondary N) is 1. The highest BCUT2D eigenvalue weighted by atomic mass is 35.5. The molecule has 2 aromatic rings. The van der Waals surface area contributed by atoms with Gasteiger partial charge in [0.1, 0.15) is 0 Å². The Bertz CT molecular complexity index is 802. The second-order valence-electron chi connectivity index (χ2n) is 6.66. The molecule has 0 radical (unpaired) electrons. The van der Waals surface area contributed by atoms with E-state index in [0.29, 0.717) is 29.7 Å². The number of piperazine rings is 1. The van der Waals surface area contributed by atoms with Crippen LogP contribution in [0.5, 0.6) is 0 Å². The normalized spacial score (nSPS) is 14.5. The highest BCUT2D eigenvalue weighted by molar-refractivity contribution is 6.35. The fraction of sp³-hybridized carbons (Fsp3) is 0.350. The number of carbonyl (C=O) groups is 1. The summed E-state index contributed by atoms with van der Waals surface area (Å²) in [7, 11) is 0. The SMILES string of the molecule is Cc1ccc(N2CCN(C(=O)NCc3ccc(Cl)cc3Cl)CC2)c(C)c1. The minimum Gasteiger partial charge on any atom is -0.368 e. The number of amides is 2. The lowest BCUT2D eigenvalue weighted by Gasteiger charge is -2.36. The molecule has 0 aliphatic carbocycles. The molecule has 4 nitrogen and oxygen atoms in total. The van der Waals surface area contributed by atoms with Crippen molar-refractivity contribution in [2.24, 2.45) is 0 Å². The van der Waals surface area contributed by atoms with E-state index < -0.39 is 0 Å². The van der Waals surface area contributed by atoms with Crippen molar-refractivity contribution in [3.8, 4) is 0 Å². The Balaban J connectivity index is 1.53. The van der Waals surface area contributed by atoms with E-state index in [2.05, 4.69) is 42.3 Å². The number of anilines is 1. The smallest absolute Gasteiger partial charge is 0.317 e. The van der Waals surface area contributed by atoms with Crippen molar-refractivity contribution in [2.45, 2.75) is 20.4 Å². The van der Waals surface area contributed by atoms with Gasteiger partial charge in [-0.1, -0.05) is 47.0 Å². The number of aryl methyl sites for hydroxylation is 2. The fourth-order valence-electron chi connectivity index (χ4n) is 3.26. The van der Waals surface area contributed by atoms with Crippen LogP contribution in [0.1, 0.15) is 16.7 Å². The lowest BCUT2D eigenvalue weighted by molar-refractivity contribution is 0.194. The van der Waals surface area contributed by atoms with Crippen LogP contribution in [0.2, 0.25) is 10.0 Å². The maximum atomic E-state index is 12.4. The van der Waals surface area contributed by atoms with E-state index in [0.717, 1.165) is 18.7 Å². The summed E-state index contributed by atoms with van der Waals surface area (Å²) in [4.78, 5) is 16.6. The summed E-state index contributed by atoms with van der Waals surface area (Å²) in [5.74, 6) is 0. The molecule has 0 spiro atoms. The zero-order valence-corrected chi connectivity index (χ0v) is 16.6. The van der Waals surface area contributed by atoms with Gasteiger partial charge in [-0.2, -0.15) is 0 Å². The quantitative estimate of drug-likeness (QED) is 0.826. The predicted octanol–water partition coefficient (Wildman–Crippen LogP) is 4.64. The first kappa shape index (κ1) is 18.9. The van der Waals surface area contributed by atoms with Crippen molar-refractivity contribution in [3.05, 3.63) is 63.1 Å². The molecule has 1 N–H and O–H groups in total. The number of hydrogen-bond acceptors (Lipinski definition) is 2. The minimum atomic E-state index is -0.0590. The van der Waals surface area contributed by atoms with E-state index in [4.69, 9.17) is 23.2 Å². The molecular weight excluding hydrogens is 369 g/mol. The molecule has 0 aromatic heterocycles. The summed E-state index contributed by atoms with van der Waals surface area (Å²) in [6.07, 6.45) is 0. The molecule has 6 heteroatoms. The van der Waals surface area contributed by atoms with E-state index in [1.165, 1.54) is 16.8 Å². The van der Waals surface area contributed by atoms with Gasteiger partial charge in [0.05, 0.1) is 0 Å². The highest BCUT2D eigenvalue weighted by Crippen LogP contribution is 2.23. The average molecular weight is 392 g/mol. The maximum absolute atomic E-state index is 12.4. The second kappa shape index (κ2) is 8.19. The van der Waals surface area contributed by atoms with Crippen LogP contribution in [0.15, 0.2) is 36.4 Å². The van der Waals surface area contributed by atoms with Gasteiger partial charge >= 0.3 is 6.03 Å². The molecule has 1 saturated heterocycles. The molecule has 0 saturated carbocycles. The first-order valence-electron chi connectivity index (χ1n) is 8.73. The van der Waals surface area contributed by atoms with Crippen LogP contribution in [0.25, 0.3) is 0 Å². The first-order chi connectivity index (χ1) is 12.4. The molecular formula is C20H23Cl2N3O. The average Bonchev–Trinajstić information content (AvgIpc) is 2.61. The summed E-state index contributed by atoms with van der Waals surface area (Å²) in [5.41, 5.74) is 4.66. The van der Waals surface area contributed by atoms with Crippen molar-refractivity contribution >= 4 is 34.9 Å². The van der Waals surface area contributed by atoms with Gasteiger partial charge in [-0.15, -0.1) is 0 Å². The van der Waals surface area contributed by atoms with E-state index >= 15 is 0 Å². The van der Waals surface area contributed by atoms with E-state index in [1.807, 2.05) is 11.0 Å². The third kappa shape index (κ3) is 4.43. The third-order valence-electron chi connectivity index (χ3n) is 4.71. The molecule has 3 rings (SSSR count). The van der Waals surface area contributed by atoms with E-state index in [9.17, 15) is 4.79 Å². The Morgan fingerprint density at radius 1 is 1.04 bits per heavy atom. The Morgan fingerprint density at radius 3 is 2.42 bits per heavy atom. The first-order valence-corrected chi connectivity index (χ1v) is 9.48. The van der Waals surface area contributed by atoms with Gasteiger partial charge in [0, 0.05) is 48.5 Å². The van der Waals surface area contributed by atoms with Gasteiger partial charge < -0.3 is 15.1 Å². The van der Waals surface area contributed by atoms with Gasteiger partial charge in [0.2, 0.25) is 0 Å². The summed E-state index contributed by atoms with van der Waals surface area (Å²) in [6, 6.07) is 11.7. The zero-order chi connectivity index (χ0) is 18.7. The van der Waals surface area contributed by atoms with E-state index in [1.54, 1.807) is 12.1 Å². The van der Waals surface area contributed by atoms with Gasteiger partial charge in [-0.25, -0.2) is 4.79 Å². The predicted molar refractivity (Wildman–Crippen MR) is 108 cm³/mol. The summed E-state index contributed by atoms with van der Waals surface area (Å²) >= 11 is 12.1. The monoisotopic (exact) mass is 391 g/mol. The molecule has 1 fully saturated rings. The third-order valence-corrected chi connectivity index (χ3v) is 5.29. The molecule has 1 aliphatic rings. The van der Waals surface area contributed by atoms with Crippen molar-refractivity contribution in [1.82, 2.24) is 10.2 Å². The number of halogens is 2. The topological polar surface area (TPSA) is 35.6 Å². The van der Waals surface area contributed by atoms with Crippen LogP contribution in [0, 0.1) is 13.8 Å². The Morgan fingerprint density at radius 2 is 1.77 bits per heavy atom. The minimum absolute atomic E-state index is 0.0590. The molecule has 138 valence electrons. The lowest BCUT2D eigenvalue weighted by atomic mass is 10.1. The molecule has 0 bridgehead atoms. The highest BCUT2D eigenvalue weighted by Gasteiger charge is 2.22. The number of hydrogen-bond donors (Lipinski definition) is 1. The lowest BCUT2D eigenvalue weighted by Crippen LogP contribution is -2.51. The van der Waals surface area contributed by atoms with Crippen LogP contribution >= 0.6 is 23.2 Å². The number of nitrogens with zero attached hydrogens (tertiary/aromatic N) is 2. The van der Waals surface area contributed by atoms with E-state index in [-0.39, 0.29) is 6.03 Å². The number of rotatable bonds is 3. The number of carbonyl (C=O) groups excluding carboxylic acids is 1. The van der Waals surface area contributed by atoms with Crippen molar-refractivity contribution in [2.75, 3.05) is 31.1 Å². The molecule has 0 atom stereocenters. The molecule has 26 heavy (non-hydrogen) atoms. The van der Waals surface area contributed by atoms with Gasteiger partial charge in [-0.3, -0.25) is 0 Å². The van der Waals surface area contributed by atoms with Crippen molar-refractivity contribution < 1.29 is 4.79 Å². The Labute approximate surface area is 164 Å². The van der Waals surface area contributed by atoms with Crippen LogP contribution < -0.4 is 10.2 Å². The fourth-order valence-corrected chi connectivity index (χ4v) is 3.73. The number of urea groups is 1. The Kier molecular flexibility index (Phi) is 5.94. The van der Waals surface area contributed by atoms with Crippen molar-refractivity contribution in [3.63, 3.8) is 0 Å². The van der Waals surface area contributed by atoms with Crippen LogP contribution in [-0.4, -0.2) is 37.1 Å². The Hall–Kier alpha value is -1.91. The summed E-state index contributed by atoms with van der Waals surface area (Å²) < 4.78 is 0. The van der Waals surface area contributed by atoms with Gasteiger partial charge in [0.25, 0.3) is 0 Å². The largest absolute Gasteiger partial charge is 0.368 e. The molecule has 2 aromatic carbocycles.